The van der Waals surface area contributed by atoms with Crippen LogP contribution in [-0.4, -0.2) is 22.6 Å². The van der Waals surface area contributed by atoms with Gasteiger partial charge in [0.2, 0.25) is 0 Å². The van der Waals surface area contributed by atoms with Crippen LogP contribution in [0.25, 0.3) is 0 Å². The van der Waals surface area contributed by atoms with Crippen molar-refractivity contribution in [3.8, 4) is 0 Å². The third-order valence-electron chi connectivity index (χ3n) is 3.30. The van der Waals surface area contributed by atoms with Crippen LogP contribution in [0.1, 0.15) is 47.3 Å². The summed E-state index contributed by atoms with van der Waals surface area (Å²) < 4.78 is 5.14. The van der Waals surface area contributed by atoms with Crippen molar-refractivity contribution in [2.24, 2.45) is 0 Å². The monoisotopic (exact) mass is 288 g/mol. The first-order valence-corrected chi connectivity index (χ1v) is 6.96. The van der Waals surface area contributed by atoms with Crippen LogP contribution < -0.4 is 10.6 Å². The fourth-order valence-corrected chi connectivity index (χ4v) is 2.38. The molecule has 2 aromatic heterocycles. The summed E-state index contributed by atoms with van der Waals surface area (Å²) in [5, 5.41) is 10.0. The van der Waals surface area contributed by atoms with Gasteiger partial charge in [-0.25, -0.2) is 0 Å². The number of carbonyl (C=O) groups excluding carboxylic acids is 1. The molecule has 0 radical (unpaired) electrons. The number of hydrogen-bond donors (Lipinski definition) is 2. The maximum Gasteiger partial charge on any atom is 0.253 e. The van der Waals surface area contributed by atoms with Crippen molar-refractivity contribution in [1.82, 2.24) is 15.5 Å². The van der Waals surface area contributed by atoms with Gasteiger partial charge >= 0.3 is 0 Å². The quantitative estimate of drug-likeness (QED) is 0.884. The van der Waals surface area contributed by atoms with Gasteiger partial charge in [0.05, 0.1) is 29.2 Å². The van der Waals surface area contributed by atoms with Gasteiger partial charge in [-0.2, -0.15) is 0 Å². The SMILES string of the molecule is CCNc1cnccc1C(=O)NC(C)c1c(C)noc1C. The minimum Gasteiger partial charge on any atom is -0.383 e. The molecule has 0 aliphatic heterocycles. The van der Waals surface area contributed by atoms with Gasteiger partial charge in [0, 0.05) is 18.3 Å². The molecule has 112 valence electrons. The van der Waals surface area contributed by atoms with Gasteiger partial charge in [0.1, 0.15) is 5.76 Å². The number of amides is 1. The van der Waals surface area contributed by atoms with E-state index in [4.69, 9.17) is 4.52 Å². The molecule has 2 rings (SSSR count). The number of rotatable bonds is 5. The van der Waals surface area contributed by atoms with Crippen LogP contribution in [0.5, 0.6) is 0 Å². The van der Waals surface area contributed by atoms with Crippen LogP contribution in [0.3, 0.4) is 0 Å². The van der Waals surface area contributed by atoms with E-state index in [2.05, 4.69) is 20.8 Å². The van der Waals surface area contributed by atoms with Crippen molar-refractivity contribution in [1.29, 1.82) is 0 Å². The second-order valence-electron chi connectivity index (χ2n) is 4.88. The Kier molecular flexibility index (Phi) is 4.57. The van der Waals surface area contributed by atoms with Crippen molar-refractivity contribution < 1.29 is 9.32 Å². The van der Waals surface area contributed by atoms with Crippen LogP contribution in [0.2, 0.25) is 0 Å². The van der Waals surface area contributed by atoms with Gasteiger partial charge in [-0.15, -0.1) is 0 Å². The van der Waals surface area contributed by atoms with Crippen molar-refractivity contribution in [3.63, 3.8) is 0 Å². The molecule has 0 bridgehead atoms. The fourth-order valence-electron chi connectivity index (χ4n) is 2.38. The summed E-state index contributed by atoms with van der Waals surface area (Å²) in [4.78, 5) is 16.5. The second kappa shape index (κ2) is 6.39. The van der Waals surface area contributed by atoms with Gasteiger partial charge in [-0.1, -0.05) is 5.16 Å². The lowest BCUT2D eigenvalue weighted by Gasteiger charge is -2.15. The lowest BCUT2D eigenvalue weighted by molar-refractivity contribution is 0.0940. The average molecular weight is 288 g/mol. The summed E-state index contributed by atoms with van der Waals surface area (Å²) in [5.74, 6) is 0.572. The topological polar surface area (TPSA) is 80.0 Å². The highest BCUT2D eigenvalue weighted by Crippen LogP contribution is 2.22. The largest absolute Gasteiger partial charge is 0.383 e. The van der Waals surface area contributed by atoms with Crippen LogP contribution in [0.15, 0.2) is 23.0 Å². The van der Waals surface area contributed by atoms with E-state index in [1.165, 1.54) is 0 Å². The van der Waals surface area contributed by atoms with Gasteiger partial charge in [-0.3, -0.25) is 9.78 Å². The van der Waals surface area contributed by atoms with E-state index in [-0.39, 0.29) is 11.9 Å². The zero-order valence-corrected chi connectivity index (χ0v) is 12.7. The van der Waals surface area contributed by atoms with E-state index in [0.29, 0.717) is 5.56 Å². The van der Waals surface area contributed by atoms with E-state index in [1.807, 2.05) is 27.7 Å². The number of nitrogens with one attached hydrogen (secondary N) is 2. The Labute approximate surface area is 123 Å². The summed E-state index contributed by atoms with van der Waals surface area (Å²) in [6.45, 7) is 8.32. The molecule has 2 aromatic rings. The number of nitrogens with zero attached hydrogens (tertiary/aromatic N) is 2. The molecular formula is C15H20N4O2. The Bertz CT molecular complexity index is 617. The predicted octanol–water partition coefficient (Wildman–Crippen LogP) is 2.61. The zero-order chi connectivity index (χ0) is 15.4. The van der Waals surface area contributed by atoms with Gasteiger partial charge in [0.15, 0.2) is 0 Å². The third kappa shape index (κ3) is 3.21. The first-order chi connectivity index (χ1) is 10.0. The molecule has 0 saturated carbocycles. The Hall–Kier alpha value is -2.37. The van der Waals surface area contributed by atoms with Crippen LogP contribution in [-0.2, 0) is 0 Å². The molecule has 0 aliphatic carbocycles. The van der Waals surface area contributed by atoms with E-state index in [0.717, 1.165) is 29.2 Å². The van der Waals surface area contributed by atoms with Crippen LogP contribution in [0.4, 0.5) is 5.69 Å². The first kappa shape index (κ1) is 15.0. The highest BCUT2D eigenvalue weighted by molar-refractivity contribution is 5.99. The van der Waals surface area contributed by atoms with Gasteiger partial charge in [0.25, 0.3) is 5.91 Å². The summed E-state index contributed by atoms with van der Waals surface area (Å²) in [7, 11) is 0. The molecule has 6 nitrogen and oxygen atoms in total. The van der Waals surface area contributed by atoms with Crippen molar-refractivity contribution in [2.75, 3.05) is 11.9 Å². The smallest absolute Gasteiger partial charge is 0.253 e. The van der Waals surface area contributed by atoms with Crippen LogP contribution in [0, 0.1) is 13.8 Å². The molecule has 0 saturated heterocycles. The summed E-state index contributed by atoms with van der Waals surface area (Å²) >= 11 is 0. The van der Waals surface area contributed by atoms with E-state index < -0.39 is 0 Å². The number of aromatic nitrogens is 2. The highest BCUT2D eigenvalue weighted by atomic mass is 16.5. The molecule has 1 amide bonds. The zero-order valence-electron chi connectivity index (χ0n) is 12.7. The average Bonchev–Trinajstić information content (AvgIpc) is 2.79. The molecule has 6 heteroatoms. The maximum absolute atomic E-state index is 12.4. The Balaban J connectivity index is 2.18. The molecule has 21 heavy (non-hydrogen) atoms. The van der Waals surface area contributed by atoms with E-state index >= 15 is 0 Å². The number of pyridine rings is 1. The minimum absolute atomic E-state index is 0.152. The predicted molar refractivity (Wildman–Crippen MR) is 80.3 cm³/mol. The fraction of sp³-hybridized carbons (Fsp3) is 0.400. The molecule has 0 aliphatic rings. The molecular weight excluding hydrogens is 268 g/mol. The van der Waals surface area contributed by atoms with Crippen molar-refractivity contribution in [2.45, 2.75) is 33.7 Å². The number of aryl methyl sites for hydroxylation is 2. The third-order valence-corrected chi connectivity index (χ3v) is 3.30. The Morgan fingerprint density at radius 2 is 2.19 bits per heavy atom. The highest BCUT2D eigenvalue weighted by Gasteiger charge is 2.20. The standard InChI is InChI=1S/C15H20N4O2/c1-5-17-13-8-16-7-6-12(13)15(20)18-9(2)14-10(3)19-21-11(14)4/h6-9,17H,5H2,1-4H3,(H,18,20). The number of anilines is 1. The summed E-state index contributed by atoms with van der Waals surface area (Å²) in [6, 6.07) is 1.53. The van der Waals surface area contributed by atoms with Crippen molar-refractivity contribution in [3.05, 3.63) is 41.0 Å². The summed E-state index contributed by atoms with van der Waals surface area (Å²) in [5.41, 5.74) is 3.01. The number of carbonyl (C=O) groups is 1. The number of hydrogen-bond acceptors (Lipinski definition) is 5. The normalized spacial score (nSPS) is 12.0. The molecule has 1 atom stereocenters. The Morgan fingerprint density at radius 3 is 2.81 bits per heavy atom. The first-order valence-electron chi connectivity index (χ1n) is 6.96. The summed E-state index contributed by atoms with van der Waals surface area (Å²) in [6.07, 6.45) is 3.26. The van der Waals surface area contributed by atoms with Gasteiger partial charge in [-0.05, 0) is 33.8 Å². The van der Waals surface area contributed by atoms with Crippen molar-refractivity contribution >= 4 is 11.6 Å². The van der Waals surface area contributed by atoms with E-state index in [1.54, 1.807) is 18.5 Å². The second-order valence-corrected chi connectivity index (χ2v) is 4.88. The minimum atomic E-state index is -0.175. The molecule has 2 heterocycles. The molecule has 0 fully saturated rings. The van der Waals surface area contributed by atoms with E-state index in [9.17, 15) is 4.79 Å². The molecule has 2 N–H and O–H groups in total. The molecule has 1 unspecified atom stereocenters. The molecule has 0 spiro atoms. The Morgan fingerprint density at radius 1 is 1.43 bits per heavy atom. The van der Waals surface area contributed by atoms with Gasteiger partial charge < -0.3 is 15.2 Å². The maximum atomic E-state index is 12.4. The molecule has 0 aromatic carbocycles. The van der Waals surface area contributed by atoms with Crippen LogP contribution >= 0.6 is 0 Å². The lowest BCUT2D eigenvalue weighted by atomic mass is 10.1. The lowest BCUT2D eigenvalue weighted by Crippen LogP contribution is -2.28.